The number of carbonyl (C=O) groups excluding carboxylic acids is 1. The zero-order valence-corrected chi connectivity index (χ0v) is 13.9. The molecule has 128 valence electrons. The minimum Gasteiger partial charge on any atom is -0.497 e. The second-order valence-corrected chi connectivity index (χ2v) is 6.25. The summed E-state index contributed by atoms with van der Waals surface area (Å²) in [7, 11) is 1.39. The van der Waals surface area contributed by atoms with Crippen molar-refractivity contribution in [1.82, 2.24) is 0 Å². The van der Waals surface area contributed by atoms with Gasteiger partial charge in [-0.3, -0.25) is 9.00 Å². The first-order valence-electron chi connectivity index (χ1n) is 6.86. The summed E-state index contributed by atoms with van der Waals surface area (Å²) < 4.78 is 27.4. The first-order valence-corrected chi connectivity index (χ1v) is 8.35. The highest BCUT2D eigenvalue weighted by atomic mass is 32.2. The van der Waals surface area contributed by atoms with Crippen molar-refractivity contribution >= 4 is 22.6 Å². The van der Waals surface area contributed by atoms with E-state index in [9.17, 15) is 13.8 Å². The normalized spacial score (nSPS) is 11.8. The first kappa shape index (κ1) is 17.7. The summed E-state index contributed by atoms with van der Waals surface area (Å²) in [5, 5.41) is 8.78. The third kappa shape index (κ3) is 4.23. The first-order chi connectivity index (χ1) is 11.4. The summed E-state index contributed by atoms with van der Waals surface area (Å²) in [6.45, 7) is 0. The molecule has 8 heteroatoms. The van der Waals surface area contributed by atoms with E-state index >= 15 is 0 Å². The molecule has 0 spiro atoms. The minimum atomic E-state index is -1.54. The third-order valence-corrected chi connectivity index (χ3v) is 4.37. The minimum absolute atomic E-state index is 0.0442. The summed E-state index contributed by atoms with van der Waals surface area (Å²) in [6, 6.07) is 7.45. The lowest BCUT2D eigenvalue weighted by molar-refractivity contribution is 0.0660. The molecule has 1 atom stereocenters. The van der Waals surface area contributed by atoms with E-state index in [0.29, 0.717) is 17.1 Å². The summed E-state index contributed by atoms with van der Waals surface area (Å²) in [5.41, 5.74) is 0.303. The lowest BCUT2D eigenvalue weighted by atomic mass is 10.1. The van der Waals surface area contributed by atoms with Crippen LogP contribution in [-0.2, 0) is 16.6 Å². The highest BCUT2D eigenvalue weighted by Gasteiger charge is 2.18. The van der Waals surface area contributed by atoms with Gasteiger partial charge in [0.15, 0.2) is 5.78 Å². The van der Waals surface area contributed by atoms with Crippen LogP contribution in [0.25, 0.3) is 0 Å². The van der Waals surface area contributed by atoms with Gasteiger partial charge in [-0.1, -0.05) is 0 Å². The molecule has 0 saturated heterocycles. The van der Waals surface area contributed by atoms with E-state index in [2.05, 4.69) is 0 Å². The molecule has 7 nitrogen and oxygen atoms in total. The number of hydrogen-bond acceptors (Lipinski definition) is 6. The number of ketones is 1. The lowest BCUT2D eigenvalue weighted by Gasteiger charge is -2.09. The van der Waals surface area contributed by atoms with Crippen molar-refractivity contribution in [3.05, 3.63) is 47.4 Å². The van der Waals surface area contributed by atoms with Gasteiger partial charge in [0.1, 0.15) is 17.3 Å². The highest BCUT2D eigenvalue weighted by Crippen LogP contribution is 2.25. The SMILES string of the molecule is COc1ccc(C(=O)CS(=O)Cc2ccc(C(=O)O)o2)c(OC)c1. The Morgan fingerprint density at radius 2 is 1.92 bits per heavy atom. The van der Waals surface area contributed by atoms with Gasteiger partial charge in [0.05, 0.1) is 31.3 Å². The standard InChI is InChI=1S/C16H16O7S/c1-21-10-3-5-12(15(7-10)22-2)13(17)9-24(20)8-11-4-6-14(23-11)16(18)19/h3-7H,8-9H2,1-2H3,(H,18,19). The van der Waals surface area contributed by atoms with Crippen LogP contribution in [0.3, 0.4) is 0 Å². The zero-order valence-electron chi connectivity index (χ0n) is 13.1. The number of methoxy groups -OCH3 is 2. The quantitative estimate of drug-likeness (QED) is 0.726. The average molecular weight is 352 g/mol. The molecule has 0 amide bonds. The molecule has 0 aliphatic heterocycles. The Balaban J connectivity index is 2.05. The lowest BCUT2D eigenvalue weighted by Crippen LogP contribution is -2.13. The summed E-state index contributed by atoms with van der Waals surface area (Å²) in [4.78, 5) is 23.0. The molecule has 0 saturated carbocycles. The second-order valence-electron chi connectivity index (χ2n) is 4.79. The van der Waals surface area contributed by atoms with Crippen LogP contribution in [-0.4, -0.2) is 41.0 Å². The van der Waals surface area contributed by atoms with Crippen LogP contribution in [0.1, 0.15) is 26.7 Å². The number of carbonyl (C=O) groups is 2. The fraction of sp³-hybridized carbons (Fsp3) is 0.250. The van der Waals surface area contributed by atoms with Gasteiger partial charge in [0.2, 0.25) is 5.76 Å². The third-order valence-electron chi connectivity index (χ3n) is 3.18. The van der Waals surface area contributed by atoms with E-state index in [4.69, 9.17) is 19.0 Å². The van der Waals surface area contributed by atoms with Crippen molar-refractivity contribution in [2.24, 2.45) is 0 Å². The Morgan fingerprint density at radius 3 is 2.50 bits per heavy atom. The second kappa shape index (κ2) is 7.78. The molecular weight excluding hydrogens is 336 g/mol. The summed E-state index contributed by atoms with van der Waals surface area (Å²) in [5.74, 6) is -0.929. The molecule has 1 unspecified atom stereocenters. The molecule has 0 bridgehead atoms. The van der Waals surface area contributed by atoms with Crippen LogP contribution in [0.15, 0.2) is 34.7 Å². The summed E-state index contributed by atoms with van der Waals surface area (Å²) in [6.07, 6.45) is 0. The van der Waals surface area contributed by atoms with Gasteiger partial charge in [-0.15, -0.1) is 0 Å². The maximum atomic E-state index is 12.3. The van der Waals surface area contributed by atoms with Crippen LogP contribution in [0, 0.1) is 0 Å². The molecule has 24 heavy (non-hydrogen) atoms. The van der Waals surface area contributed by atoms with Gasteiger partial charge in [-0.25, -0.2) is 4.79 Å². The Bertz CT molecular complexity index is 778. The van der Waals surface area contributed by atoms with Crippen molar-refractivity contribution in [2.45, 2.75) is 5.75 Å². The molecule has 0 fully saturated rings. The highest BCUT2D eigenvalue weighted by molar-refractivity contribution is 7.85. The largest absolute Gasteiger partial charge is 0.497 e. The van der Waals surface area contributed by atoms with E-state index in [0.717, 1.165) is 0 Å². The van der Waals surface area contributed by atoms with E-state index in [1.54, 1.807) is 18.2 Å². The van der Waals surface area contributed by atoms with E-state index in [1.807, 2.05) is 0 Å². The molecule has 1 aromatic carbocycles. The monoisotopic (exact) mass is 352 g/mol. The van der Waals surface area contributed by atoms with Gasteiger partial charge in [-0.05, 0) is 24.3 Å². The van der Waals surface area contributed by atoms with Gasteiger partial charge in [0, 0.05) is 16.9 Å². The molecule has 2 rings (SSSR count). The molecule has 0 aliphatic carbocycles. The van der Waals surface area contributed by atoms with E-state index in [-0.39, 0.29) is 28.8 Å². The number of carboxylic acid groups (broad SMARTS) is 1. The van der Waals surface area contributed by atoms with Crippen molar-refractivity contribution in [3.8, 4) is 11.5 Å². The van der Waals surface area contributed by atoms with E-state index < -0.39 is 16.8 Å². The van der Waals surface area contributed by atoms with Gasteiger partial charge in [-0.2, -0.15) is 0 Å². The number of rotatable bonds is 8. The Labute approximate surface area is 140 Å². The van der Waals surface area contributed by atoms with Gasteiger partial charge < -0.3 is 19.0 Å². The summed E-state index contributed by atoms with van der Waals surface area (Å²) >= 11 is 0. The van der Waals surface area contributed by atoms with Crippen LogP contribution in [0.2, 0.25) is 0 Å². The molecular formula is C16H16O7S. The van der Waals surface area contributed by atoms with Crippen molar-refractivity contribution in [3.63, 3.8) is 0 Å². The average Bonchev–Trinajstić information content (AvgIpc) is 3.02. The van der Waals surface area contributed by atoms with Gasteiger partial charge >= 0.3 is 5.97 Å². The van der Waals surface area contributed by atoms with Crippen LogP contribution in [0.4, 0.5) is 0 Å². The molecule has 1 N–H and O–H groups in total. The van der Waals surface area contributed by atoms with Crippen molar-refractivity contribution in [1.29, 1.82) is 0 Å². The van der Waals surface area contributed by atoms with Crippen LogP contribution in [0.5, 0.6) is 11.5 Å². The molecule has 1 aromatic heterocycles. The Morgan fingerprint density at radius 1 is 1.17 bits per heavy atom. The smallest absolute Gasteiger partial charge is 0.371 e. The fourth-order valence-corrected chi connectivity index (χ4v) is 3.06. The predicted molar refractivity (Wildman–Crippen MR) is 86.3 cm³/mol. The Kier molecular flexibility index (Phi) is 5.75. The maximum Gasteiger partial charge on any atom is 0.371 e. The number of furan rings is 1. The van der Waals surface area contributed by atoms with Crippen molar-refractivity contribution < 1.29 is 32.8 Å². The Hall–Kier alpha value is -2.61. The number of ether oxygens (including phenoxy) is 2. The number of Topliss-reactive ketones (excluding diaryl/α,β-unsaturated/α-hetero) is 1. The number of carboxylic acids is 1. The molecule has 2 aromatic rings. The molecule has 0 radical (unpaired) electrons. The molecule has 1 heterocycles. The van der Waals surface area contributed by atoms with Crippen molar-refractivity contribution in [2.75, 3.05) is 20.0 Å². The van der Waals surface area contributed by atoms with E-state index in [1.165, 1.54) is 26.4 Å². The van der Waals surface area contributed by atoms with Gasteiger partial charge in [0.25, 0.3) is 0 Å². The topological polar surface area (TPSA) is 103 Å². The number of aromatic carboxylic acids is 1. The number of hydrogen-bond donors (Lipinski definition) is 1. The number of benzene rings is 1. The maximum absolute atomic E-state index is 12.3. The predicted octanol–water partition coefficient (Wildman–Crippen LogP) is 2.13. The van der Waals surface area contributed by atoms with Crippen LogP contribution < -0.4 is 9.47 Å². The van der Waals surface area contributed by atoms with Crippen LogP contribution >= 0.6 is 0 Å². The zero-order chi connectivity index (χ0) is 17.7. The fourth-order valence-electron chi connectivity index (χ4n) is 2.03. The molecule has 0 aliphatic rings.